The van der Waals surface area contributed by atoms with Crippen LogP contribution in [0.15, 0.2) is 28.6 Å². The molecule has 0 saturated carbocycles. The zero-order valence-electron chi connectivity index (χ0n) is 15.1. The van der Waals surface area contributed by atoms with E-state index in [1.54, 1.807) is 36.9 Å². The number of sulfonamides is 1. The predicted molar refractivity (Wildman–Crippen MR) is 108 cm³/mol. The number of aryl methyl sites for hydroxylation is 1. The summed E-state index contributed by atoms with van der Waals surface area (Å²) < 4.78 is 26.4. The van der Waals surface area contributed by atoms with Crippen molar-refractivity contribution >= 4 is 49.8 Å². The Morgan fingerprint density at radius 1 is 1.38 bits per heavy atom. The molecule has 0 aliphatic carbocycles. The highest BCUT2D eigenvalue weighted by Crippen LogP contribution is 2.27. The molecule has 0 aliphatic rings. The van der Waals surface area contributed by atoms with Crippen molar-refractivity contribution in [3.8, 4) is 0 Å². The molecular formula is C16H22N4O3S3. The van der Waals surface area contributed by atoms with E-state index in [4.69, 9.17) is 0 Å². The molecule has 26 heavy (non-hydrogen) atoms. The number of hydrogen-bond acceptors (Lipinski definition) is 7. The van der Waals surface area contributed by atoms with E-state index in [2.05, 4.69) is 22.4 Å². The van der Waals surface area contributed by atoms with Crippen molar-refractivity contribution in [2.75, 3.05) is 21.6 Å². The number of nitrogens with zero attached hydrogens (tertiary/aromatic N) is 3. The van der Waals surface area contributed by atoms with Gasteiger partial charge in [0.05, 0.1) is 11.9 Å². The van der Waals surface area contributed by atoms with Gasteiger partial charge in [-0.2, -0.15) is 0 Å². The first-order valence-electron chi connectivity index (χ1n) is 8.05. The summed E-state index contributed by atoms with van der Waals surface area (Å²) >= 11 is 2.85. The van der Waals surface area contributed by atoms with Crippen molar-refractivity contribution < 1.29 is 13.2 Å². The topological polar surface area (TPSA) is 92.3 Å². The molecule has 0 spiro atoms. The van der Waals surface area contributed by atoms with Gasteiger partial charge in [0, 0.05) is 5.75 Å². The molecule has 1 unspecified atom stereocenters. The van der Waals surface area contributed by atoms with E-state index in [1.165, 1.54) is 11.3 Å². The molecule has 1 aromatic heterocycles. The maximum absolute atomic E-state index is 12.6. The van der Waals surface area contributed by atoms with Crippen LogP contribution in [0.1, 0.15) is 25.8 Å². The van der Waals surface area contributed by atoms with E-state index in [9.17, 15) is 13.2 Å². The quantitative estimate of drug-likeness (QED) is 0.527. The third-order valence-electron chi connectivity index (χ3n) is 3.41. The van der Waals surface area contributed by atoms with E-state index in [0.717, 1.165) is 32.6 Å². The maximum atomic E-state index is 12.6. The van der Waals surface area contributed by atoms with Crippen molar-refractivity contribution in [3.05, 3.63) is 29.8 Å². The van der Waals surface area contributed by atoms with Gasteiger partial charge in [-0.1, -0.05) is 42.2 Å². The number of carbonyl (C=O) groups is 1. The summed E-state index contributed by atoms with van der Waals surface area (Å²) in [5, 5.41) is 11.0. The summed E-state index contributed by atoms with van der Waals surface area (Å²) in [4.78, 5) is 12.6. The molecule has 2 rings (SSSR count). The molecule has 10 heteroatoms. The lowest BCUT2D eigenvalue weighted by atomic mass is 10.2. The second-order valence-electron chi connectivity index (χ2n) is 5.78. The van der Waals surface area contributed by atoms with E-state index in [0.29, 0.717) is 10.8 Å². The molecule has 1 heterocycles. The highest BCUT2D eigenvalue weighted by atomic mass is 32.2. The SMILES string of the molecule is CCCSc1nnc(NC(=O)C(C)N(c2cccc(C)c2)S(C)(=O)=O)s1. The van der Waals surface area contributed by atoms with Crippen LogP contribution in [-0.2, 0) is 14.8 Å². The summed E-state index contributed by atoms with van der Waals surface area (Å²) in [6, 6.07) is 6.10. The first-order valence-corrected chi connectivity index (χ1v) is 11.7. The number of nitrogens with one attached hydrogen (secondary N) is 1. The summed E-state index contributed by atoms with van der Waals surface area (Å²) in [6.45, 7) is 5.49. The van der Waals surface area contributed by atoms with Crippen LogP contribution in [0.5, 0.6) is 0 Å². The number of aromatic nitrogens is 2. The normalized spacial score (nSPS) is 12.6. The highest BCUT2D eigenvalue weighted by molar-refractivity contribution is 8.01. The Morgan fingerprint density at radius 2 is 2.12 bits per heavy atom. The zero-order valence-corrected chi connectivity index (χ0v) is 17.5. The molecular weight excluding hydrogens is 392 g/mol. The summed E-state index contributed by atoms with van der Waals surface area (Å²) in [7, 11) is -3.64. The fraction of sp³-hybridized carbons (Fsp3) is 0.438. The molecule has 0 radical (unpaired) electrons. The smallest absolute Gasteiger partial charge is 0.249 e. The Balaban J connectivity index is 2.19. The molecule has 1 aromatic carbocycles. The average Bonchev–Trinajstić information content (AvgIpc) is 2.99. The molecule has 2 aromatic rings. The zero-order chi connectivity index (χ0) is 19.3. The van der Waals surface area contributed by atoms with Gasteiger partial charge < -0.3 is 0 Å². The van der Waals surface area contributed by atoms with Gasteiger partial charge in [-0.25, -0.2) is 8.42 Å². The van der Waals surface area contributed by atoms with Crippen LogP contribution in [0.25, 0.3) is 0 Å². The lowest BCUT2D eigenvalue weighted by Gasteiger charge is -2.28. The van der Waals surface area contributed by atoms with Crippen LogP contribution >= 0.6 is 23.1 Å². The number of anilines is 2. The third-order valence-corrected chi connectivity index (χ3v) is 6.83. The van der Waals surface area contributed by atoms with Gasteiger partial charge >= 0.3 is 0 Å². The molecule has 0 bridgehead atoms. The summed E-state index contributed by atoms with van der Waals surface area (Å²) in [5.41, 5.74) is 1.36. The standard InChI is InChI=1S/C16H22N4O3S3/c1-5-9-24-16-19-18-15(25-16)17-14(21)12(3)20(26(4,22)23)13-8-6-7-11(2)10-13/h6-8,10,12H,5,9H2,1-4H3,(H,17,18,21). The lowest BCUT2D eigenvalue weighted by Crippen LogP contribution is -2.45. The Morgan fingerprint density at radius 3 is 2.73 bits per heavy atom. The molecule has 1 atom stereocenters. The Hall–Kier alpha value is -1.65. The highest BCUT2D eigenvalue weighted by Gasteiger charge is 2.29. The molecule has 0 saturated heterocycles. The van der Waals surface area contributed by atoms with Crippen molar-refractivity contribution in [1.29, 1.82) is 0 Å². The van der Waals surface area contributed by atoms with Crippen LogP contribution in [0, 0.1) is 6.92 Å². The first kappa shape index (κ1) is 20.7. The molecule has 0 fully saturated rings. The van der Waals surface area contributed by atoms with Crippen LogP contribution in [0.2, 0.25) is 0 Å². The fourth-order valence-corrected chi connectivity index (χ4v) is 5.14. The van der Waals surface area contributed by atoms with Gasteiger partial charge in [0.15, 0.2) is 4.34 Å². The number of hydrogen-bond donors (Lipinski definition) is 1. The molecule has 1 amide bonds. The van der Waals surface area contributed by atoms with Gasteiger partial charge in [0.1, 0.15) is 6.04 Å². The van der Waals surface area contributed by atoms with E-state index in [1.807, 2.05) is 13.0 Å². The van der Waals surface area contributed by atoms with Gasteiger partial charge in [-0.05, 0) is 38.0 Å². The first-order chi connectivity index (χ1) is 12.2. The van der Waals surface area contributed by atoms with Crippen molar-refractivity contribution in [3.63, 3.8) is 0 Å². The minimum Gasteiger partial charge on any atom is -0.299 e. The number of rotatable bonds is 8. The molecule has 0 aliphatic heterocycles. The lowest BCUT2D eigenvalue weighted by molar-refractivity contribution is -0.116. The van der Waals surface area contributed by atoms with E-state index >= 15 is 0 Å². The Kier molecular flexibility index (Phi) is 7.01. The fourth-order valence-electron chi connectivity index (χ4n) is 2.29. The second kappa shape index (κ2) is 8.83. The molecule has 7 nitrogen and oxygen atoms in total. The van der Waals surface area contributed by atoms with Crippen LogP contribution < -0.4 is 9.62 Å². The van der Waals surface area contributed by atoms with Gasteiger partial charge in [-0.3, -0.25) is 14.4 Å². The van der Waals surface area contributed by atoms with E-state index in [-0.39, 0.29) is 0 Å². The second-order valence-corrected chi connectivity index (χ2v) is 9.96. The predicted octanol–water partition coefficient (Wildman–Crippen LogP) is 3.14. The minimum atomic E-state index is -3.64. The molecule has 1 N–H and O–H groups in total. The maximum Gasteiger partial charge on any atom is 0.249 e. The van der Waals surface area contributed by atoms with Crippen molar-refractivity contribution in [2.24, 2.45) is 0 Å². The average molecular weight is 415 g/mol. The largest absolute Gasteiger partial charge is 0.299 e. The minimum absolute atomic E-state index is 0.359. The summed E-state index contributed by atoms with van der Waals surface area (Å²) in [6.07, 6.45) is 2.10. The summed E-state index contributed by atoms with van der Waals surface area (Å²) in [5.74, 6) is 0.467. The monoisotopic (exact) mass is 414 g/mol. The van der Waals surface area contributed by atoms with Gasteiger partial charge in [0.25, 0.3) is 0 Å². The van der Waals surface area contributed by atoms with Crippen LogP contribution in [0.3, 0.4) is 0 Å². The van der Waals surface area contributed by atoms with E-state index < -0.39 is 22.0 Å². The van der Waals surface area contributed by atoms with Gasteiger partial charge in [-0.15, -0.1) is 10.2 Å². The van der Waals surface area contributed by atoms with Gasteiger partial charge in [0.2, 0.25) is 21.1 Å². The number of thioether (sulfide) groups is 1. The third kappa shape index (κ3) is 5.42. The Labute approximate surface area is 162 Å². The number of carbonyl (C=O) groups excluding carboxylic acids is 1. The van der Waals surface area contributed by atoms with Crippen LogP contribution in [0.4, 0.5) is 10.8 Å². The Bertz CT molecular complexity index is 867. The number of amides is 1. The van der Waals surface area contributed by atoms with Crippen molar-refractivity contribution in [1.82, 2.24) is 10.2 Å². The van der Waals surface area contributed by atoms with Crippen molar-refractivity contribution in [2.45, 2.75) is 37.6 Å². The number of benzene rings is 1. The van der Waals surface area contributed by atoms with Crippen LogP contribution in [-0.4, -0.2) is 42.6 Å². The molecule has 142 valence electrons.